The number of hydrogen-bond donors (Lipinski definition) is 1. The summed E-state index contributed by atoms with van der Waals surface area (Å²) in [6.45, 7) is 10.6. The molecule has 0 amide bonds. The summed E-state index contributed by atoms with van der Waals surface area (Å²) >= 11 is 7.00. The van der Waals surface area contributed by atoms with Gasteiger partial charge in [0.2, 0.25) is 5.13 Å². The number of nitrogens with one attached hydrogen (secondary N) is 1. The van der Waals surface area contributed by atoms with E-state index >= 15 is 0 Å². The highest BCUT2D eigenvalue weighted by Crippen LogP contribution is 2.21. The van der Waals surface area contributed by atoms with Gasteiger partial charge < -0.3 is 10.2 Å². The highest BCUT2D eigenvalue weighted by molar-refractivity contribution is 7.73. The Morgan fingerprint density at radius 3 is 2.65 bits per heavy atom. The summed E-state index contributed by atoms with van der Waals surface area (Å²) in [4.78, 5) is 4.89. The van der Waals surface area contributed by atoms with Crippen LogP contribution in [0.1, 0.15) is 12.5 Å². The van der Waals surface area contributed by atoms with E-state index in [0.29, 0.717) is 0 Å². The van der Waals surface area contributed by atoms with Crippen LogP contribution in [-0.4, -0.2) is 52.3 Å². The Morgan fingerprint density at radius 1 is 1.22 bits per heavy atom. The van der Waals surface area contributed by atoms with Crippen LogP contribution in [0.4, 0.5) is 10.8 Å². The van der Waals surface area contributed by atoms with Gasteiger partial charge in [-0.2, -0.15) is 0 Å². The van der Waals surface area contributed by atoms with E-state index in [9.17, 15) is 0 Å². The van der Waals surface area contributed by atoms with Crippen molar-refractivity contribution in [2.24, 2.45) is 0 Å². The molecule has 3 rings (SSSR count). The molecule has 124 valence electrons. The second kappa shape index (κ2) is 7.53. The van der Waals surface area contributed by atoms with Crippen LogP contribution in [0.2, 0.25) is 0 Å². The van der Waals surface area contributed by atoms with Crippen molar-refractivity contribution in [3.05, 3.63) is 33.8 Å². The van der Waals surface area contributed by atoms with Crippen molar-refractivity contribution in [1.82, 2.24) is 19.6 Å². The maximum Gasteiger partial charge on any atom is 0.209 e. The molecule has 7 heteroatoms. The SMILES string of the molecule is CCN1CCN(Cn2nc(Nc3cccc(C)c3)sc2=S)CC1. The lowest BCUT2D eigenvalue weighted by molar-refractivity contribution is 0.107. The number of benzene rings is 1. The lowest BCUT2D eigenvalue weighted by atomic mass is 10.2. The predicted octanol–water partition coefficient (Wildman–Crippen LogP) is 3.32. The summed E-state index contributed by atoms with van der Waals surface area (Å²) in [7, 11) is 0. The molecule has 0 radical (unpaired) electrons. The summed E-state index contributed by atoms with van der Waals surface area (Å²) in [6.07, 6.45) is 0. The van der Waals surface area contributed by atoms with Gasteiger partial charge in [-0.05, 0) is 43.4 Å². The van der Waals surface area contributed by atoms with Crippen LogP contribution in [0.3, 0.4) is 0 Å². The zero-order valence-electron chi connectivity index (χ0n) is 13.7. The van der Waals surface area contributed by atoms with E-state index < -0.39 is 0 Å². The molecule has 1 aliphatic heterocycles. The predicted molar refractivity (Wildman–Crippen MR) is 99.1 cm³/mol. The van der Waals surface area contributed by atoms with Gasteiger partial charge in [0.1, 0.15) is 0 Å². The number of likely N-dealkylation sites (N-methyl/N-ethyl adjacent to an activating group) is 1. The monoisotopic (exact) mass is 349 g/mol. The Hall–Kier alpha value is -1.28. The van der Waals surface area contributed by atoms with Crippen LogP contribution >= 0.6 is 23.6 Å². The third-order valence-corrected chi connectivity index (χ3v) is 5.34. The first-order chi connectivity index (χ1) is 11.1. The maximum atomic E-state index is 5.47. The molecular formula is C16H23N5S2. The number of aryl methyl sites for hydroxylation is 1. The highest BCUT2D eigenvalue weighted by Gasteiger charge is 2.16. The quantitative estimate of drug-likeness (QED) is 0.838. The van der Waals surface area contributed by atoms with Gasteiger partial charge in [0, 0.05) is 31.9 Å². The number of aromatic nitrogens is 2. The van der Waals surface area contributed by atoms with Gasteiger partial charge >= 0.3 is 0 Å². The molecular weight excluding hydrogens is 326 g/mol. The topological polar surface area (TPSA) is 36.3 Å². The van der Waals surface area contributed by atoms with E-state index in [1.165, 1.54) is 16.9 Å². The Labute approximate surface area is 146 Å². The molecule has 0 atom stereocenters. The number of hydrogen-bond acceptors (Lipinski definition) is 6. The molecule has 0 bridgehead atoms. The minimum Gasteiger partial charge on any atom is -0.330 e. The molecule has 23 heavy (non-hydrogen) atoms. The zero-order valence-corrected chi connectivity index (χ0v) is 15.3. The third-order valence-electron chi connectivity index (χ3n) is 4.12. The van der Waals surface area contributed by atoms with Gasteiger partial charge in [-0.15, -0.1) is 5.10 Å². The third kappa shape index (κ3) is 4.38. The minimum absolute atomic E-state index is 0.780. The van der Waals surface area contributed by atoms with Crippen molar-refractivity contribution < 1.29 is 0 Å². The fourth-order valence-electron chi connectivity index (χ4n) is 2.73. The van der Waals surface area contributed by atoms with Crippen LogP contribution in [0.25, 0.3) is 0 Å². The molecule has 2 heterocycles. The highest BCUT2D eigenvalue weighted by atomic mass is 32.1. The zero-order chi connectivity index (χ0) is 16.2. The van der Waals surface area contributed by atoms with Gasteiger partial charge in [0.15, 0.2) is 3.95 Å². The average Bonchev–Trinajstić information content (AvgIpc) is 2.87. The van der Waals surface area contributed by atoms with E-state index in [0.717, 1.165) is 54.2 Å². The van der Waals surface area contributed by atoms with Crippen LogP contribution in [0.15, 0.2) is 24.3 Å². The smallest absolute Gasteiger partial charge is 0.209 e. The van der Waals surface area contributed by atoms with Crippen LogP contribution in [0, 0.1) is 10.9 Å². The molecule has 1 fully saturated rings. The second-order valence-electron chi connectivity index (χ2n) is 5.86. The standard InChI is InChI=1S/C16H23N5S2/c1-3-19-7-9-20(10-8-19)12-21-16(22)23-15(18-21)17-14-6-4-5-13(2)11-14/h4-6,11H,3,7-10,12H2,1-2H3,(H,17,18). The van der Waals surface area contributed by atoms with E-state index in [-0.39, 0.29) is 0 Å². The Balaban J connectivity index is 1.63. The second-order valence-corrected chi connectivity index (χ2v) is 7.48. The number of nitrogens with zero attached hydrogens (tertiary/aromatic N) is 4. The van der Waals surface area contributed by atoms with Crippen molar-refractivity contribution in [1.29, 1.82) is 0 Å². The Morgan fingerprint density at radius 2 is 1.96 bits per heavy atom. The molecule has 1 aromatic heterocycles. The van der Waals surface area contributed by atoms with Gasteiger partial charge in [-0.1, -0.05) is 30.4 Å². The van der Waals surface area contributed by atoms with Crippen LogP contribution < -0.4 is 5.32 Å². The molecule has 0 aliphatic carbocycles. The van der Waals surface area contributed by atoms with Gasteiger partial charge in [-0.3, -0.25) is 4.90 Å². The fraction of sp³-hybridized carbons (Fsp3) is 0.500. The lowest BCUT2D eigenvalue weighted by Gasteiger charge is -2.33. The molecule has 1 saturated heterocycles. The maximum absolute atomic E-state index is 5.47. The summed E-state index contributed by atoms with van der Waals surface area (Å²) in [5, 5.41) is 8.84. The van der Waals surface area contributed by atoms with E-state index in [4.69, 9.17) is 12.2 Å². The fourth-order valence-corrected chi connectivity index (χ4v) is 3.74. The summed E-state index contributed by atoms with van der Waals surface area (Å²) in [5.41, 5.74) is 2.28. The average molecular weight is 350 g/mol. The normalized spacial score (nSPS) is 16.6. The molecule has 0 unspecified atom stereocenters. The Kier molecular flexibility index (Phi) is 5.42. The van der Waals surface area contributed by atoms with Gasteiger partial charge in [0.05, 0.1) is 6.67 Å². The molecule has 2 aromatic rings. The van der Waals surface area contributed by atoms with Crippen molar-refractivity contribution >= 4 is 34.4 Å². The summed E-state index contributed by atoms with van der Waals surface area (Å²) in [5.74, 6) is 0. The molecule has 1 aromatic carbocycles. The van der Waals surface area contributed by atoms with E-state index in [1.54, 1.807) is 0 Å². The first-order valence-electron chi connectivity index (χ1n) is 8.00. The largest absolute Gasteiger partial charge is 0.330 e. The van der Waals surface area contributed by atoms with E-state index in [2.05, 4.69) is 46.2 Å². The van der Waals surface area contributed by atoms with Crippen molar-refractivity contribution in [2.45, 2.75) is 20.5 Å². The summed E-state index contributed by atoms with van der Waals surface area (Å²) < 4.78 is 2.75. The molecule has 0 spiro atoms. The number of piperazine rings is 1. The number of anilines is 2. The van der Waals surface area contributed by atoms with Crippen molar-refractivity contribution in [3.63, 3.8) is 0 Å². The van der Waals surface area contributed by atoms with Crippen LogP contribution in [0.5, 0.6) is 0 Å². The minimum atomic E-state index is 0.780. The lowest BCUT2D eigenvalue weighted by Crippen LogP contribution is -2.46. The number of rotatable bonds is 5. The van der Waals surface area contributed by atoms with E-state index in [1.807, 2.05) is 16.8 Å². The summed E-state index contributed by atoms with van der Waals surface area (Å²) in [6, 6.07) is 8.29. The van der Waals surface area contributed by atoms with Crippen LogP contribution in [-0.2, 0) is 6.67 Å². The molecule has 5 nitrogen and oxygen atoms in total. The van der Waals surface area contributed by atoms with Gasteiger partial charge in [0.25, 0.3) is 0 Å². The first kappa shape index (κ1) is 16.6. The Bertz CT molecular complexity index is 700. The van der Waals surface area contributed by atoms with Crippen molar-refractivity contribution in [3.8, 4) is 0 Å². The molecule has 0 saturated carbocycles. The van der Waals surface area contributed by atoms with Crippen molar-refractivity contribution in [2.75, 3.05) is 38.0 Å². The first-order valence-corrected chi connectivity index (χ1v) is 9.23. The molecule has 1 aliphatic rings. The molecule has 1 N–H and O–H groups in total. The van der Waals surface area contributed by atoms with Gasteiger partial charge in [-0.25, -0.2) is 4.68 Å².